The van der Waals surface area contributed by atoms with Gasteiger partial charge in [-0.05, 0) is 42.5 Å². The molecule has 0 unspecified atom stereocenters. The Morgan fingerprint density at radius 2 is 1.93 bits per heavy atom. The molecule has 3 aromatic rings. The lowest BCUT2D eigenvalue weighted by Crippen LogP contribution is -2.39. The molecular weight excluding hydrogens is 348 g/mol. The van der Waals surface area contributed by atoms with Crippen LogP contribution in [-0.2, 0) is 6.54 Å². The van der Waals surface area contributed by atoms with Crippen LogP contribution in [0, 0.1) is 0 Å². The maximum atomic E-state index is 13.2. The van der Waals surface area contributed by atoms with Crippen molar-refractivity contribution in [3.63, 3.8) is 0 Å². The molecule has 0 N–H and O–H groups in total. The average Bonchev–Trinajstić information content (AvgIpc) is 3.42. The number of aromatic nitrogens is 3. The number of benzene rings is 2. The van der Waals surface area contributed by atoms with Gasteiger partial charge in [-0.2, -0.15) is 5.10 Å². The lowest BCUT2D eigenvalue weighted by molar-refractivity contribution is 0.0714. The Hall–Kier alpha value is -2.95. The fourth-order valence-corrected chi connectivity index (χ4v) is 4.31. The SMILES string of the molecule is CC[C@@H](c1ccccc1)[C@@H]1CCCN1C(=O)c1ccc(Cn2cncn2)cc1. The highest BCUT2D eigenvalue weighted by Crippen LogP contribution is 2.34. The van der Waals surface area contributed by atoms with E-state index in [-0.39, 0.29) is 11.9 Å². The Morgan fingerprint density at radius 3 is 2.61 bits per heavy atom. The molecule has 28 heavy (non-hydrogen) atoms. The summed E-state index contributed by atoms with van der Waals surface area (Å²) in [6.45, 7) is 3.72. The molecule has 0 aliphatic carbocycles. The molecule has 2 atom stereocenters. The molecule has 2 heterocycles. The van der Waals surface area contributed by atoms with Crippen LogP contribution >= 0.6 is 0 Å². The number of likely N-dealkylation sites (tertiary alicyclic amines) is 1. The molecule has 4 rings (SSSR count). The third kappa shape index (κ3) is 3.84. The van der Waals surface area contributed by atoms with Crippen molar-refractivity contribution in [3.8, 4) is 0 Å². The van der Waals surface area contributed by atoms with Gasteiger partial charge in [-0.15, -0.1) is 0 Å². The van der Waals surface area contributed by atoms with E-state index in [1.165, 1.54) is 11.9 Å². The largest absolute Gasteiger partial charge is 0.335 e. The standard InChI is InChI=1S/C23H26N4O/c1-2-21(19-7-4-3-5-8-19)22-9-6-14-27(22)23(28)20-12-10-18(11-13-20)15-26-17-24-16-25-26/h3-5,7-8,10-13,16-17,21-22H,2,6,9,14-15H2,1H3/t21-,22-/m0/s1. The molecule has 1 fully saturated rings. The molecule has 5 heteroatoms. The van der Waals surface area contributed by atoms with Gasteiger partial charge in [0.2, 0.25) is 0 Å². The predicted octanol–water partition coefficient (Wildman–Crippen LogP) is 4.12. The Bertz CT molecular complexity index is 890. The van der Waals surface area contributed by atoms with Crippen molar-refractivity contribution in [2.24, 2.45) is 0 Å². The van der Waals surface area contributed by atoms with Crippen LogP contribution in [0.3, 0.4) is 0 Å². The normalized spacial score (nSPS) is 17.6. The smallest absolute Gasteiger partial charge is 0.254 e. The zero-order chi connectivity index (χ0) is 19.3. The van der Waals surface area contributed by atoms with Crippen LogP contribution < -0.4 is 0 Å². The van der Waals surface area contributed by atoms with E-state index >= 15 is 0 Å². The molecule has 0 saturated carbocycles. The Labute approximate surface area is 166 Å². The molecule has 0 bridgehead atoms. The minimum atomic E-state index is 0.143. The summed E-state index contributed by atoms with van der Waals surface area (Å²) in [5.74, 6) is 0.531. The van der Waals surface area contributed by atoms with Gasteiger partial charge < -0.3 is 4.90 Å². The van der Waals surface area contributed by atoms with Crippen LogP contribution in [-0.4, -0.2) is 38.2 Å². The Balaban J connectivity index is 1.50. The van der Waals surface area contributed by atoms with Crippen LogP contribution in [0.4, 0.5) is 0 Å². The van der Waals surface area contributed by atoms with E-state index in [2.05, 4.69) is 52.2 Å². The predicted molar refractivity (Wildman–Crippen MR) is 109 cm³/mol. The van der Waals surface area contributed by atoms with Gasteiger partial charge in [0.15, 0.2) is 0 Å². The van der Waals surface area contributed by atoms with Gasteiger partial charge in [-0.3, -0.25) is 4.79 Å². The summed E-state index contributed by atoms with van der Waals surface area (Å²) < 4.78 is 1.78. The quantitative estimate of drug-likeness (QED) is 0.652. The Kier molecular flexibility index (Phi) is 5.51. The highest BCUT2D eigenvalue weighted by Gasteiger charge is 2.34. The summed E-state index contributed by atoms with van der Waals surface area (Å²) >= 11 is 0. The van der Waals surface area contributed by atoms with Crippen molar-refractivity contribution in [1.82, 2.24) is 19.7 Å². The first-order chi connectivity index (χ1) is 13.8. The highest BCUT2D eigenvalue weighted by molar-refractivity contribution is 5.94. The number of hydrogen-bond donors (Lipinski definition) is 0. The first-order valence-corrected chi connectivity index (χ1v) is 10.0. The van der Waals surface area contributed by atoms with Crippen LogP contribution in [0.25, 0.3) is 0 Å². The fraction of sp³-hybridized carbons (Fsp3) is 0.348. The van der Waals surface area contributed by atoms with Crippen LogP contribution in [0.1, 0.15) is 53.6 Å². The fourth-order valence-electron chi connectivity index (χ4n) is 4.31. The lowest BCUT2D eigenvalue weighted by atomic mass is 9.87. The second-order valence-corrected chi connectivity index (χ2v) is 7.42. The van der Waals surface area contributed by atoms with Gasteiger partial charge in [0.25, 0.3) is 5.91 Å². The van der Waals surface area contributed by atoms with Gasteiger partial charge in [0.05, 0.1) is 6.54 Å². The van der Waals surface area contributed by atoms with E-state index in [1.54, 1.807) is 11.0 Å². The summed E-state index contributed by atoms with van der Waals surface area (Å²) in [4.78, 5) is 19.3. The molecule has 1 aliphatic rings. The molecule has 1 amide bonds. The van der Waals surface area contributed by atoms with Crippen LogP contribution in [0.5, 0.6) is 0 Å². The van der Waals surface area contributed by atoms with Crippen molar-refractivity contribution in [2.75, 3.05) is 6.54 Å². The van der Waals surface area contributed by atoms with E-state index in [0.717, 1.165) is 36.9 Å². The highest BCUT2D eigenvalue weighted by atomic mass is 16.2. The van der Waals surface area contributed by atoms with E-state index in [0.29, 0.717) is 12.5 Å². The first kappa shape index (κ1) is 18.4. The monoisotopic (exact) mass is 374 g/mol. The molecular formula is C23H26N4O. The first-order valence-electron chi connectivity index (χ1n) is 10.0. The molecule has 1 aliphatic heterocycles. The van der Waals surface area contributed by atoms with Gasteiger partial charge >= 0.3 is 0 Å². The summed E-state index contributed by atoms with van der Waals surface area (Å²) in [5.41, 5.74) is 3.20. The molecule has 2 aromatic carbocycles. The molecule has 0 spiro atoms. The van der Waals surface area contributed by atoms with Crippen LogP contribution in [0.15, 0.2) is 67.3 Å². The minimum absolute atomic E-state index is 0.143. The Morgan fingerprint density at radius 1 is 1.14 bits per heavy atom. The van der Waals surface area contributed by atoms with Crippen molar-refractivity contribution in [2.45, 2.75) is 44.7 Å². The van der Waals surface area contributed by atoms with Gasteiger partial charge in [0, 0.05) is 24.1 Å². The minimum Gasteiger partial charge on any atom is -0.335 e. The summed E-state index contributed by atoms with van der Waals surface area (Å²) in [5, 5.41) is 4.13. The molecule has 0 radical (unpaired) electrons. The molecule has 5 nitrogen and oxygen atoms in total. The van der Waals surface area contributed by atoms with E-state index in [4.69, 9.17) is 0 Å². The van der Waals surface area contributed by atoms with Gasteiger partial charge in [-0.25, -0.2) is 9.67 Å². The zero-order valence-electron chi connectivity index (χ0n) is 16.2. The maximum Gasteiger partial charge on any atom is 0.254 e. The van der Waals surface area contributed by atoms with Crippen molar-refractivity contribution >= 4 is 5.91 Å². The van der Waals surface area contributed by atoms with Gasteiger partial charge in [0.1, 0.15) is 12.7 Å². The van der Waals surface area contributed by atoms with E-state index < -0.39 is 0 Å². The third-order valence-electron chi connectivity index (χ3n) is 5.70. The summed E-state index contributed by atoms with van der Waals surface area (Å²) in [6.07, 6.45) is 6.41. The maximum absolute atomic E-state index is 13.2. The number of amides is 1. The number of carbonyl (C=O) groups is 1. The number of nitrogens with zero attached hydrogens (tertiary/aromatic N) is 4. The zero-order valence-corrected chi connectivity index (χ0v) is 16.2. The summed E-state index contributed by atoms with van der Waals surface area (Å²) in [6, 6.07) is 18.8. The molecule has 1 saturated heterocycles. The number of carbonyl (C=O) groups excluding carboxylic acids is 1. The van der Waals surface area contributed by atoms with Crippen molar-refractivity contribution < 1.29 is 4.79 Å². The topological polar surface area (TPSA) is 51.0 Å². The van der Waals surface area contributed by atoms with Crippen molar-refractivity contribution in [3.05, 3.63) is 83.9 Å². The second-order valence-electron chi connectivity index (χ2n) is 7.42. The lowest BCUT2D eigenvalue weighted by Gasteiger charge is -2.32. The van der Waals surface area contributed by atoms with Crippen molar-refractivity contribution in [1.29, 1.82) is 0 Å². The van der Waals surface area contributed by atoms with E-state index in [1.807, 2.05) is 24.3 Å². The number of rotatable bonds is 6. The summed E-state index contributed by atoms with van der Waals surface area (Å²) in [7, 11) is 0. The van der Waals surface area contributed by atoms with Crippen LogP contribution in [0.2, 0.25) is 0 Å². The third-order valence-corrected chi connectivity index (χ3v) is 5.70. The van der Waals surface area contributed by atoms with Gasteiger partial charge in [-0.1, -0.05) is 49.4 Å². The van der Waals surface area contributed by atoms with E-state index in [9.17, 15) is 4.79 Å². The molecule has 144 valence electrons. The number of hydrogen-bond acceptors (Lipinski definition) is 3. The average molecular weight is 374 g/mol. The second kappa shape index (κ2) is 8.38. The molecule has 1 aromatic heterocycles.